The minimum Gasteiger partial charge on any atom is -0.478 e. The molecule has 0 aliphatic heterocycles. The number of carbonyl (C=O) groups excluding carboxylic acids is 1. The standard InChI is InChI=1S/C14H26O3.C3H4O2/c1-4-7-8-9-10-11-14(16-12-5-2)17-13(15)6-3;1-2-3(4)5/h6,14H,3-5,7-12H2,1-2H3;2H,1H2,(H,4,5). The van der Waals surface area contributed by atoms with Crippen molar-refractivity contribution in [2.75, 3.05) is 6.61 Å². The van der Waals surface area contributed by atoms with Crippen molar-refractivity contribution in [3.8, 4) is 0 Å². The SMILES string of the molecule is C=CC(=O)O.C=CC(=O)OC(CCCCCCC)OCCC. The van der Waals surface area contributed by atoms with E-state index < -0.39 is 18.2 Å². The second kappa shape index (κ2) is 17.4. The highest BCUT2D eigenvalue weighted by Crippen LogP contribution is 2.11. The van der Waals surface area contributed by atoms with Crippen LogP contribution in [0.4, 0.5) is 0 Å². The first kappa shape index (κ1) is 22.7. The van der Waals surface area contributed by atoms with Crippen molar-refractivity contribution >= 4 is 11.9 Å². The fraction of sp³-hybridized carbons (Fsp3) is 0.647. The summed E-state index contributed by atoms with van der Waals surface area (Å²) in [6.45, 7) is 11.2. The lowest BCUT2D eigenvalue weighted by Gasteiger charge is -2.17. The van der Waals surface area contributed by atoms with Gasteiger partial charge in [-0.15, -0.1) is 0 Å². The Morgan fingerprint density at radius 2 is 1.64 bits per heavy atom. The summed E-state index contributed by atoms with van der Waals surface area (Å²) >= 11 is 0. The van der Waals surface area contributed by atoms with Crippen molar-refractivity contribution in [1.29, 1.82) is 0 Å². The van der Waals surface area contributed by atoms with Gasteiger partial charge in [-0.25, -0.2) is 9.59 Å². The first-order valence-electron chi connectivity index (χ1n) is 7.81. The summed E-state index contributed by atoms with van der Waals surface area (Å²) < 4.78 is 10.6. The molecule has 0 fully saturated rings. The highest BCUT2D eigenvalue weighted by atomic mass is 16.7. The van der Waals surface area contributed by atoms with Gasteiger partial charge in [-0.05, 0) is 12.8 Å². The van der Waals surface area contributed by atoms with Crippen LogP contribution in [0.15, 0.2) is 25.3 Å². The second-order valence-corrected chi connectivity index (χ2v) is 4.69. The van der Waals surface area contributed by atoms with Crippen LogP contribution in [0.3, 0.4) is 0 Å². The zero-order valence-corrected chi connectivity index (χ0v) is 13.9. The van der Waals surface area contributed by atoms with E-state index in [2.05, 4.69) is 20.1 Å². The van der Waals surface area contributed by atoms with Crippen molar-refractivity contribution in [2.45, 2.75) is 65.1 Å². The minimum absolute atomic E-state index is 0.401. The van der Waals surface area contributed by atoms with Gasteiger partial charge in [0.2, 0.25) is 6.29 Å². The summed E-state index contributed by atoms with van der Waals surface area (Å²) in [5.41, 5.74) is 0. The van der Waals surface area contributed by atoms with Gasteiger partial charge in [0.25, 0.3) is 0 Å². The predicted molar refractivity (Wildman–Crippen MR) is 87.5 cm³/mol. The van der Waals surface area contributed by atoms with Crippen molar-refractivity contribution in [2.24, 2.45) is 0 Å². The van der Waals surface area contributed by atoms with Crippen LogP contribution in [0, 0.1) is 0 Å². The number of unbranched alkanes of at least 4 members (excludes halogenated alkanes) is 4. The number of aliphatic carboxylic acids is 1. The summed E-state index contributed by atoms with van der Waals surface area (Å²) in [6.07, 6.45) is 9.29. The molecule has 0 aromatic heterocycles. The van der Waals surface area contributed by atoms with Crippen LogP contribution in [0.1, 0.15) is 58.8 Å². The number of rotatable bonds is 12. The first-order chi connectivity index (χ1) is 10.5. The highest BCUT2D eigenvalue weighted by Gasteiger charge is 2.12. The molecule has 1 N–H and O–H groups in total. The number of ether oxygens (including phenoxy) is 2. The molecule has 0 bridgehead atoms. The number of esters is 1. The van der Waals surface area contributed by atoms with E-state index in [1.54, 1.807) is 0 Å². The van der Waals surface area contributed by atoms with E-state index in [-0.39, 0.29) is 0 Å². The molecule has 0 saturated carbocycles. The molecule has 0 aromatic rings. The van der Waals surface area contributed by atoms with Gasteiger partial charge in [-0.1, -0.05) is 52.7 Å². The largest absolute Gasteiger partial charge is 0.478 e. The third kappa shape index (κ3) is 18.4. The summed E-state index contributed by atoms with van der Waals surface area (Å²) in [6, 6.07) is 0. The molecular weight excluding hydrogens is 284 g/mol. The molecule has 0 aromatic carbocycles. The first-order valence-corrected chi connectivity index (χ1v) is 7.81. The maximum Gasteiger partial charge on any atom is 0.332 e. The van der Waals surface area contributed by atoms with Crippen LogP contribution in [0.25, 0.3) is 0 Å². The van der Waals surface area contributed by atoms with Crippen molar-refractivity contribution < 1.29 is 24.2 Å². The molecule has 1 atom stereocenters. The van der Waals surface area contributed by atoms with Gasteiger partial charge in [0, 0.05) is 18.6 Å². The van der Waals surface area contributed by atoms with Crippen LogP contribution >= 0.6 is 0 Å². The third-order valence-corrected chi connectivity index (χ3v) is 2.64. The van der Waals surface area contributed by atoms with Gasteiger partial charge in [0.15, 0.2) is 0 Å². The fourth-order valence-corrected chi connectivity index (χ4v) is 1.52. The monoisotopic (exact) mass is 314 g/mol. The van der Waals surface area contributed by atoms with E-state index >= 15 is 0 Å². The second-order valence-electron chi connectivity index (χ2n) is 4.69. The Hall–Kier alpha value is -1.62. The maximum absolute atomic E-state index is 11.1. The van der Waals surface area contributed by atoms with E-state index in [1.165, 1.54) is 31.8 Å². The smallest absolute Gasteiger partial charge is 0.332 e. The Bertz CT molecular complexity index is 312. The lowest BCUT2D eigenvalue weighted by atomic mass is 10.1. The van der Waals surface area contributed by atoms with E-state index in [9.17, 15) is 9.59 Å². The Morgan fingerprint density at radius 1 is 1.05 bits per heavy atom. The minimum atomic E-state index is -0.981. The maximum atomic E-state index is 11.1. The Morgan fingerprint density at radius 3 is 2.09 bits per heavy atom. The average molecular weight is 314 g/mol. The topological polar surface area (TPSA) is 72.8 Å². The van der Waals surface area contributed by atoms with Crippen molar-refractivity contribution in [1.82, 2.24) is 0 Å². The number of hydrogen-bond acceptors (Lipinski definition) is 4. The van der Waals surface area contributed by atoms with Gasteiger partial charge >= 0.3 is 11.9 Å². The molecule has 0 rings (SSSR count). The van der Waals surface area contributed by atoms with Gasteiger partial charge in [-0.2, -0.15) is 0 Å². The normalized spacial score (nSPS) is 10.8. The molecule has 22 heavy (non-hydrogen) atoms. The number of carboxylic acids is 1. The van der Waals surface area contributed by atoms with E-state index in [0.717, 1.165) is 25.3 Å². The zero-order chi connectivity index (χ0) is 17.2. The molecule has 0 aliphatic rings. The van der Waals surface area contributed by atoms with E-state index in [1.807, 2.05) is 6.92 Å². The van der Waals surface area contributed by atoms with Crippen LogP contribution in [-0.4, -0.2) is 29.9 Å². The van der Waals surface area contributed by atoms with Crippen molar-refractivity contribution in [3.63, 3.8) is 0 Å². The highest BCUT2D eigenvalue weighted by molar-refractivity contribution is 5.81. The summed E-state index contributed by atoms with van der Waals surface area (Å²) in [5.74, 6) is -1.38. The quantitative estimate of drug-likeness (QED) is 0.254. The molecule has 128 valence electrons. The third-order valence-electron chi connectivity index (χ3n) is 2.64. The average Bonchev–Trinajstić information content (AvgIpc) is 2.52. The number of hydrogen-bond donors (Lipinski definition) is 1. The molecule has 0 amide bonds. The number of carbonyl (C=O) groups is 2. The van der Waals surface area contributed by atoms with Gasteiger partial charge in [-0.3, -0.25) is 0 Å². The van der Waals surface area contributed by atoms with Crippen LogP contribution in [0.2, 0.25) is 0 Å². The molecule has 0 radical (unpaired) electrons. The Balaban J connectivity index is 0. The summed E-state index contributed by atoms with van der Waals surface area (Å²) in [7, 11) is 0. The molecule has 1 unspecified atom stereocenters. The van der Waals surface area contributed by atoms with E-state index in [4.69, 9.17) is 14.6 Å². The molecule has 5 nitrogen and oxygen atoms in total. The van der Waals surface area contributed by atoms with Crippen molar-refractivity contribution in [3.05, 3.63) is 25.3 Å². The molecule has 0 heterocycles. The van der Waals surface area contributed by atoms with Crippen LogP contribution in [0.5, 0.6) is 0 Å². The zero-order valence-electron chi connectivity index (χ0n) is 13.9. The molecule has 0 saturated heterocycles. The molecular formula is C17H30O5. The van der Waals surface area contributed by atoms with Gasteiger partial charge in [0.1, 0.15) is 0 Å². The predicted octanol–water partition coefficient (Wildman–Crippen LogP) is 4.09. The Labute approximate surface area is 134 Å². The van der Waals surface area contributed by atoms with Gasteiger partial charge < -0.3 is 14.6 Å². The molecule has 0 aliphatic carbocycles. The van der Waals surface area contributed by atoms with E-state index in [0.29, 0.717) is 6.61 Å². The molecule has 5 heteroatoms. The number of carboxylic acid groups (broad SMARTS) is 1. The van der Waals surface area contributed by atoms with Crippen LogP contribution < -0.4 is 0 Å². The Kier molecular flexibility index (Phi) is 18.0. The molecule has 0 spiro atoms. The summed E-state index contributed by atoms with van der Waals surface area (Å²) in [4.78, 5) is 20.4. The van der Waals surface area contributed by atoms with Crippen LogP contribution in [-0.2, 0) is 19.1 Å². The summed E-state index contributed by atoms with van der Waals surface area (Å²) in [5, 5.41) is 7.60. The van der Waals surface area contributed by atoms with Gasteiger partial charge in [0.05, 0.1) is 6.61 Å². The lowest BCUT2D eigenvalue weighted by Crippen LogP contribution is -2.20. The lowest BCUT2D eigenvalue weighted by molar-refractivity contribution is -0.174. The fourth-order valence-electron chi connectivity index (χ4n) is 1.52.